The maximum atomic E-state index is 13.6. The minimum absolute atomic E-state index is 0.116. The quantitative estimate of drug-likeness (QED) is 0.305. The van der Waals surface area contributed by atoms with Gasteiger partial charge in [0.2, 0.25) is 5.91 Å². The summed E-state index contributed by atoms with van der Waals surface area (Å²) < 4.78 is 8.62. The van der Waals surface area contributed by atoms with Crippen LogP contribution in [0.3, 0.4) is 0 Å². The van der Waals surface area contributed by atoms with E-state index in [9.17, 15) is 9.59 Å². The number of hydrogen-bond acceptors (Lipinski definition) is 6. The zero-order valence-corrected chi connectivity index (χ0v) is 20.5. The fourth-order valence-corrected chi connectivity index (χ4v) is 4.56. The van der Waals surface area contributed by atoms with E-state index in [0.717, 1.165) is 16.8 Å². The molecule has 0 bridgehead atoms. The minimum Gasteiger partial charge on any atom is -0.497 e. The number of fused-ring (bicyclic) bond motifs is 1. The third-order valence-corrected chi connectivity index (χ3v) is 6.37. The van der Waals surface area contributed by atoms with Crippen molar-refractivity contribution < 1.29 is 9.53 Å². The molecule has 0 aliphatic rings. The SMILES string of the molecule is CCn1nc(C)c2nc(SCC(=O)Nc3cccc(C)c3)n(Cc3cccc(OC)c3)c(=O)c21. The number of carbonyl (C=O) groups is 1. The number of nitrogens with zero attached hydrogens (tertiary/aromatic N) is 4. The van der Waals surface area contributed by atoms with Crippen LogP contribution in [0.4, 0.5) is 5.69 Å². The number of carbonyl (C=O) groups excluding carboxylic acids is 1. The molecular formula is C25H27N5O3S. The number of hydrogen-bond donors (Lipinski definition) is 1. The van der Waals surface area contributed by atoms with Crippen LogP contribution in [0.15, 0.2) is 58.5 Å². The summed E-state index contributed by atoms with van der Waals surface area (Å²) in [6.45, 7) is 6.61. The van der Waals surface area contributed by atoms with Crippen molar-refractivity contribution in [3.05, 3.63) is 75.7 Å². The van der Waals surface area contributed by atoms with Crippen LogP contribution >= 0.6 is 11.8 Å². The molecule has 0 aliphatic heterocycles. The molecule has 0 unspecified atom stereocenters. The van der Waals surface area contributed by atoms with Crippen molar-refractivity contribution in [2.75, 3.05) is 18.2 Å². The van der Waals surface area contributed by atoms with E-state index in [1.165, 1.54) is 11.8 Å². The second kappa shape index (κ2) is 10.1. The number of methoxy groups -OCH3 is 1. The summed E-state index contributed by atoms with van der Waals surface area (Å²) >= 11 is 1.23. The maximum Gasteiger partial charge on any atom is 0.280 e. The van der Waals surface area contributed by atoms with E-state index in [-0.39, 0.29) is 17.2 Å². The van der Waals surface area contributed by atoms with Crippen molar-refractivity contribution in [3.8, 4) is 5.75 Å². The lowest BCUT2D eigenvalue weighted by molar-refractivity contribution is -0.113. The molecule has 0 spiro atoms. The minimum atomic E-state index is -0.183. The Balaban J connectivity index is 1.68. The van der Waals surface area contributed by atoms with Gasteiger partial charge in [0.15, 0.2) is 10.7 Å². The number of amides is 1. The number of nitrogens with one attached hydrogen (secondary N) is 1. The normalized spacial score (nSPS) is 11.1. The Labute approximate surface area is 202 Å². The molecule has 1 N–H and O–H groups in total. The Morgan fingerprint density at radius 3 is 2.68 bits per heavy atom. The average molecular weight is 478 g/mol. The molecule has 2 aromatic carbocycles. The number of aryl methyl sites for hydroxylation is 3. The van der Waals surface area contributed by atoms with Crippen molar-refractivity contribution >= 4 is 34.4 Å². The first kappa shape index (κ1) is 23.6. The van der Waals surface area contributed by atoms with Gasteiger partial charge in [-0.15, -0.1) is 0 Å². The molecule has 0 aliphatic carbocycles. The van der Waals surface area contributed by atoms with E-state index in [0.29, 0.717) is 40.7 Å². The maximum absolute atomic E-state index is 13.6. The predicted molar refractivity (Wildman–Crippen MR) is 135 cm³/mol. The van der Waals surface area contributed by atoms with Gasteiger partial charge in [-0.3, -0.25) is 18.8 Å². The molecule has 176 valence electrons. The lowest BCUT2D eigenvalue weighted by Crippen LogP contribution is -2.26. The third kappa shape index (κ3) is 4.99. The highest BCUT2D eigenvalue weighted by atomic mass is 32.2. The Kier molecular flexibility index (Phi) is 7.02. The van der Waals surface area contributed by atoms with Gasteiger partial charge in [0.1, 0.15) is 11.3 Å². The van der Waals surface area contributed by atoms with E-state index < -0.39 is 0 Å². The fraction of sp³-hybridized carbons (Fsp3) is 0.280. The van der Waals surface area contributed by atoms with Crippen LogP contribution in [0.25, 0.3) is 11.0 Å². The number of aromatic nitrogens is 4. The summed E-state index contributed by atoms with van der Waals surface area (Å²) in [4.78, 5) is 31.0. The number of anilines is 1. The second-order valence-electron chi connectivity index (χ2n) is 7.94. The van der Waals surface area contributed by atoms with Crippen molar-refractivity contribution in [2.45, 2.75) is 39.0 Å². The molecule has 4 aromatic rings. The summed E-state index contributed by atoms with van der Waals surface area (Å²) in [6.07, 6.45) is 0. The summed E-state index contributed by atoms with van der Waals surface area (Å²) in [5, 5.41) is 7.85. The molecule has 9 heteroatoms. The number of benzene rings is 2. The fourth-order valence-electron chi connectivity index (χ4n) is 3.77. The summed E-state index contributed by atoms with van der Waals surface area (Å²) in [5.41, 5.74) is 4.24. The van der Waals surface area contributed by atoms with Crippen LogP contribution in [-0.4, -0.2) is 38.1 Å². The largest absolute Gasteiger partial charge is 0.497 e. The van der Waals surface area contributed by atoms with Gasteiger partial charge >= 0.3 is 0 Å². The van der Waals surface area contributed by atoms with Gasteiger partial charge in [0.05, 0.1) is 25.1 Å². The average Bonchev–Trinajstić information content (AvgIpc) is 3.15. The lowest BCUT2D eigenvalue weighted by atomic mass is 10.2. The predicted octanol–water partition coefficient (Wildman–Crippen LogP) is 4.02. The van der Waals surface area contributed by atoms with Crippen LogP contribution in [-0.2, 0) is 17.9 Å². The van der Waals surface area contributed by atoms with Crippen LogP contribution in [0.5, 0.6) is 5.75 Å². The van der Waals surface area contributed by atoms with Crippen molar-refractivity contribution in [1.29, 1.82) is 0 Å². The molecule has 34 heavy (non-hydrogen) atoms. The highest BCUT2D eigenvalue weighted by Gasteiger charge is 2.19. The first-order valence-corrected chi connectivity index (χ1v) is 12.0. The van der Waals surface area contributed by atoms with Gasteiger partial charge in [-0.2, -0.15) is 5.10 Å². The zero-order chi connectivity index (χ0) is 24.2. The number of thioether (sulfide) groups is 1. The number of rotatable bonds is 8. The molecule has 2 heterocycles. The van der Waals surface area contributed by atoms with Gasteiger partial charge in [-0.05, 0) is 56.2 Å². The van der Waals surface area contributed by atoms with Crippen molar-refractivity contribution in [1.82, 2.24) is 19.3 Å². The Morgan fingerprint density at radius 1 is 1.15 bits per heavy atom. The Bertz CT molecular complexity index is 1410. The van der Waals surface area contributed by atoms with E-state index in [1.807, 2.05) is 69.3 Å². The molecule has 0 atom stereocenters. The molecule has 8 nitrogen and oxygen atoms in total. The zero-order valence-electron chi connectivity index (χ0n) is 19.7. The molecule has 0 fully saturated rings. The van der Waals surface area contributed by atoms with Crippen LogP contribution in [0.2, 0.25) is 0 Å². The Morgan fingerprint density at radius 2 is 1.94 bits per heavy atom. The summed E-state index contributed by atoms with van der Waals surface area (Å²) in [6, 6.07) is 15.2. The van der Waals surface area contributed by atoms with E-state index in [2.05, 4.69) is 10.4 Å². The summed E-state index contributed by atoms with van der Waals surface area (Å²) in [7, 11) is 1.61. The van der Waals surface area contributed by atoms with Crippen molar-refractivity contribution in [3.63, 3.8) is 0 Å². The van der Waals surface area contributed by atoms with Gasteiger partial charge in [0, 0.05) is 12.2 Å². The Hall–Kier alpha value is -3.59. The number of ether oxygens (including phenoxy) is 1. The van der Waals surface area contributed by atoms with E-state index in [1.54, 1.807) is 16.4 Å². The van der Waals surface area contributed by atoms with Gasteiger partial charge in [-0.25, -0.2) is 4.98 Å². The summed E-state index contributed by atoms with van der Waals surface area (Å²) in [5.74, 6) is 0.657. The molecule has 0 saturated heterocycles. The highest BCUT2D eigenvalue weighted by Crippen LogP contribution is 2.22. The van der Waals surface area contributed by atoms with E-state index >= 15 is 0 Å². The van der Waals surface area contributed by atoms with Gasteiger partial charge in [-0.1, -0.05) is 36.0 Å². The van der Waals surface area contributed by atoms with Crippen molar-refractivity contribution in [2.24, 2.45) is 0 Å². The molecular weight excluding hydrogens is 450 g/mol. The third-order valence-electron chi connectivity index (χ3n) is 5.39. The topological polar surface area (TPSA) is 91.0 Å². The van der Waals surface area contributed by atoms with Crippen LogP contribution < -0.4 is 15.6 Å². The molecule has 1 amide bonds. The molecule has 0 radical (unpaired) electrons. The standard InChI is InChI=1S/C25H27N5O3S/c1-5-30-23-22(17(3)28-30)27-25(34-15-21(31)26-19-10-6-8-16(2)12-19)29(24(23)32)14-18-9-7-11-20(13-18)33-4/h6-13H,5,14-15H2,1-4H3,(H,26,31). The van der Waals surface area contributed by atoms with Crippen LogP contribution in [0.1, 0.15) is 23.7 Å². The first-order chi connectivity index (χ1) is 16.4. The molecule has 0 saturated carbocycles. The highest BCUT2D eigenvalue weighted by molar-refractivity contribution is 7.99. The van der Waals surface area contributed by atoms with Gasteiger partial charge < -0.3 is 10.1 Å². The monoisotopic (exact) mass is 477 g/mol. The second-order valence-corrected chi connectivity index (χ2v) is 8.88. The lowest BCUT2D eigenvalue weighted by Gasteiger charge is -2.13. The molecule has 2 aromatic heterocycles. The smallest absolute Gasteiger partial charge is 0.280 e. The molecule has 4 rings (SSSR count). The van der Waals surface area contributed by atoms with Crippen LogP contribution in [0, 0.1) is 13.8 Å². The van der Waals surface area contributed by atoms with Gasteiger partial charge in [0.25, 0.3) is 5.56 Å². The van der Waals surface area contributed by atoms with E-state index in [4.69, 9.17) is 9.72 Å². The first-order valence-electron chi connectivity index (χ1n) is 11.0.